The van der Waals surface area contributed by atoms with Gasteiger partial charge in [0.15, 0.2) is 5.13 Å². The van der Waals surface area contributed by atoms with Gasteiger partial charge in [-0.15, -0.1) is 0 Å². The van der Waals surface area contributed by atoms with Crippen molar-refractivity contribution in [3.63, 3.8) is 0 Å². The lowest BCUT2D eigenvalue weighted by atomic mass is 10.2. The molecule has 0 fully saturated rings. The molecular weight excluding hydrogens is 480 g/mol. The number of rotatable bonds is 9. The Morgan fingerprint density at radius 1 is 1.06 bits per heavy atom. The molecule has 0 aliphatic carbocycles. The van der Waals surface area contributed by atoms with Crippen molar-refractivity contribution in [2.75, 3.05) is 18.5 Å². The number of anilines is 1. The number of benzene rings is 2. The smallest absolute Gasteiger partial charge is 0.260 e. The highest BCUT2D eigenvalue weighted by atomic mass is 32.2. The zero-order valence-corrected chi connectivity index (χ0v) is 21.6. The van der Waals surface area contributed by atoms with Gasteiger partial charge in [0.1, 0.15) is 0 Å². The molecule has 4 aromatic rings. The first-order valence-electron chi connectivity index (χ1n) is 11.4. The van der Waals surface area contributed by atoms with E-state index in [4.69, 9.17) is 4.98 Å². The van der Waals surface area contributed by atoms with E-state index < -0.39 is 10.0 Å². The normalized spacial score (nSPS) is 11.8. The third-order valence-electron chi connectivity index (χ3n) is 5.78. The summed E-state index contributed by atoms with van der Waals surface area (Å²) in [6.45, 7) is 4.77. The number of unbranched alkanes of at least 4 members (excludes halogenated alkanes) is 1. The van der Waals surface area contributed by atoms with E-state index in [1.165, 1.54) is 27.8 Å². The molecule has 2 heterocycles. The van der Waals surface area contributed by atoms with Crippen LogP contribution in [0.25, 0.3) is 10.2 Å². The third kappa shape index (κ3) is 5.42. The number of aryl methyl sites for hydroxylation is 1. The Kier molecular flexibility index (Phi) is 7.59. The number of hydrogen-bond donors (Lipinski definition) is 0. The van der Waals surface area contributed by atoms with Crippen LogP contribution in [0.1, 0.15) is 41.3 Å². The van der Waals surface area contributed by atoms with Crippen LogP contribution in [0.5, 0.6) is 0 Å². The molecule has 35 heavy (non-hydrogen) atoms. The van der Waals surface area contributed by atoms with Crippen LogP contribution in [0.3, 0.4) is 0 Å². The van der Waals surface area contributed by atoms with Gasteiger partial charge in [-0.1, -0.05) is 42.9 Å². The molecule has 0 saturated carbocycles. The number of hydrogen-bond acceptors (Lipinski definition) is 6. The van der Waals surface area contributed by atoms with Crippen molar-refractivity contribution < 1.29 is 13.2 Å². The molecule has 7 nitrogen and oxygen atoms in total. The minimum atomic E-state index is -3.61. The van der Waals surface area contributed by atoms with Crippen molar-refractivity contribution in [3.8, 4) is 0 Å². The summed E-state index contributed by atoms with van der Waals surface area (Å²) in [6.07, 6.45) is 5.11. The molecule has 9 heteroatoms. The summed E-state index contributed by atoms with van der Waals surface area (Å²) in [5, 5.41) is 0.583. The molecule has 0 aliphatic rings. The van der Waals surface area contributed by atoms with Crippen molar-refractivity contribution in [2.24, 2.45) is 0 Å². The molecule has 2 aromatic heterocycles. The Labute approximate surface area is 210 Å². The molecule has 2 aromatic carbocycles. The Bertz CT molecular complexity index is 1420. The van der Waals surface area contributed by atoms with Crippen molar-refractivity contribution in [2.45, 2.75) is 38.1 Å². The average molecular weight is 509 g/mol. The van der Waals surface area contributed by atoms with Crippen molar-refractivity contribution >= 4 is 42.6 Å². The van der Waals surface area contributed by atoms with Crippen LogP contribution in [0.2, 0.25) is 0 Å². The number of amides is 1. The molecule has 0 aliphatic heterocycles. The molecule has 0 spiro atoms. The Hall–Kier alpha value is -3.14. The predicted molar refractivity (Wildman–Crippen MR) is 140 cm³/mol. The minimum absolute atomic E-state index is 0.169. The van der Waals surface area contributed by atoms with Crippen molar-refractivity contribution in [1.82, 2.24) is 14.3 Å². The zero-order valence-electron chi connectivity index (χ0n) is 20.0. The molecule has 0 radical (unpaired) electrons. The Morgan fingerprint density at radius 2 is 1.83 bits per heavy atom. The number of para-hydroxylation sites is 1. The van der Waals surface area contributed by atoms with Gasteiger partial charge in [-0.05, 0) is 60.9 Å². The monoisotopic (exact) mass is 508 g/mol. The lowest BCUT2D eigenvalue weighted by Crippen LogP contribution is -2.31. The van der Waals surface area contributed by atoms with Gasteiger partial charge in [-0.3, -0.25) is 14.7 Å². The van der Waals surface area contributed by atoms with E-state index in [2.05, 4.69) is 4.98 Å². The molecule has 4 rings (SSSR count). The fourth-order valence-electron chi connectivity index (χ4n) is 3.70. The summed E-state index contributed by atoms with van der Waals surface area (Å²) in [7, 11) is -2.03. The van der Waals surface area contributed by atoms with E-state index in [9.17, 15) is 13.2 Å². The first-order chi connectivity index (χ1) is 16.8. The van der Waals surface area contributed by atoms with Crippen LogP contribution in [-0.2, 0) is 16.6 Å². The van der Waals surface area contributed by atoms with Gasteiger partial charge in [-0.2, -0.15) is 0 Å². The van der Waals surface area contributed by atoms with Gasteiger partial charge in [0.05, 0.1) is 21.7 Å². The topological polar surface area (TPSA) is 83.5 Å². The predicted octanol–water partition coefficient (Wildman–Crippen LogP) is 5.27. The lowest BCUT2D eigenvalue weighted by molar-refractivity contribution is 0.0985. The molecule has 0 saturated heterocycles. The molecule has 0 unspecified atom stereocenters. The van der Waals surface area contributed by atoms with E-state index >= 15 is 0 Å². The number of carbonyl (C=O) groups excluding carboxylic acids is 1. The van der Waals surface area contributed by atoms with Crippen LogP contribution >= 0.6 is 11.3 Å². The maximum atomic E-state index is 13.7. The van der Waals surface area contributed by atoms with Crippen LogP contribution < -0.4 is 4.90 Å². The van der Waals surface area contributed by atoms with E-state index in [1.807, 2.05) is 44.2 Å². The minimum Gasteiger partial charge on any atom is -0.279 e. The summed E-state index contributed by atoms with van der Waals surface area (Å²) < 4.78 is 28.1. The second-order valence-electron chi connectivity index (χ2n) is 8.38. The summed E-state index contributed by atoms with van der Waals surface area (Å²) in [6, 6.07) is 15.8. The first-order valence-corrected chi connectivity index (χ1v) is 13.7. The summed E-state index contributed by atoms with van der Waals surface area (Å²) in [5.41, 5.74) is 3.17. The molecule has 182 valence electrons. The van der Waals surface area contributed by atoms with E-state index in [1.54, 1.807) is 36.5 Å². The number of fused-ring (bicyclic) bond motifs is 1. The molecule has 0 atom stereocenters. The van der Waals surface area contributed by atoms with Gasteiger partial charge in [0.2, 0.25) is 10.0 Å². The number of thiazole rings is 1. The number of sulfonamides is 1. The van der Waals surface area contributed by atoms with E-state index in [0.717, 1.165) is 34.2 Å². The highest BCUT2D eigenvalue weighted by Crippen LogP contribution is 2.32. The number of aromatic nitrogens is 2. The van der Waals surface area contributed by atoms with Gasteiger partial charge in [0, 0.05) is 31.5 Å². The van der Waals surface area contributed by atoms with Gasteiger partial charge < -0.3 is 0 Å². The quantitative estimate of drug-likeness (QED) is 0.308. The Balaban J connectivity index is 1.67. The number of pyridine rings is 1. The number of carbonyl (C=O) groups is 1. The standard InChI is InChI=1S/C26H28N4O3S2/c1-4-5-16-29(3)35(32,33)22-13-11-21(12-14-22)25(31)30(18-20-9-7-15-27-17-20)26-28-24-19(2)8-6-10-23(24)34-26/h6-15,17H,4-5,16,18H2,1-3H3. The van der Waals surface area contributed by atoms with E-state index in [-0.39, 0.29) is 10.8 Å². The third-order valence-corrected chi connectivity index (χ3v) is 8.70. The SMILES string of the molecule is CCCCN(C)S(=O)(=O)c1ccc(C(=O)N(Cc2cccnc2)c2nc3c(C)cccc3s2)cc1. The van der Waals surface area contributed by atoms with Crippen molar-refractivity contribution in [1.29, 1.82) is 0 Å². The van der Waals surface area contributed by atoms with Gasteiger partial charge in [0.25, 0.3) is 5.91 Å². The fraction of sp³-hybridized carbons (Fsp3) is 0.269. The summed E-state index contributed by atoms with van der Waals surface area (Å²) in [5.74, 6) is -0.256. The molecule has 0 N–H and O–H groups in total. The maximum Gasteiger partial charge on any atom is 0.260 e. The van der Waals surface area contributed by atoms with Crippen LogP contribution in [0, 0.1) is 6.92 Å². The van der Waals surface area contributed by atoms with Crippen LogP contribution in [0.15, 0.2) is 71.9 Å². The summed E-state index contributed by atoms with van der Waals surface area (Å²) >= 11 is 1.45. The van der Waals surface area contributed by atoms with Crippen LogP contribution in [-0.4, -0.2) is 42.2 Å². The lowest BCUT2D eigenvalue weighted by Gasteiger charge is -2.20. The zero-order chi connectivity index (χ0) is 25.0. The Morgan fingerprint density at radius 3 is 2.49 bits per heavy atom. The van der Waals surface area contributed by atoms with E-state index in [0.29, 0.717) is 23.8 Å². The second-order valence-corrected chi connectivity index (χ2v) is 11.4. The van der Waals surface area contributed by atoms with Gasteiger partial charge in [-0.25, -0.2) is 17.7 Å². The summed E-state index contributed by atoms with van der Waals surface area (Å²) in [4.78, 5) is 24.4. The van der Waals surface area contributed by atoms with Crippen LogP contribution in [0.4, 0.5) is 5.13 Å². The van der Waals surface area contributed by atoms with Gasteiger partial charge >= 0.3 is 0 Å². The maximum absolute atomic E-state index is 13.7. The highest BCUT2D eigenvalue weighted by Gasteiger charge is 2.24. The molecular formula is C26H28N4O3S2. The van der Waals surface area contributed by atoms with Crippen molar-refractivity contribution in [3.05, 3.63) is 83.7 Å². The number of nitrogens with zero attached hydrogens (tertiary/aromatic N) is 4. The fourth-order valence-corrected chi connectivity index (χ4v) is 5.95. The largest absolute Gasteiger partial charge is 0.279 e. The molecule has 0 bridgehead atoms. The highest BCUT2D eigenvalue weighted by molar-refractivity contribution is 7.89. The average Bonchev–Trinajstić information content (AvgIpc) is 3.31. The first kappa shape index (κ1) is 25.0. The second kappa shape index (κ2) is 10.6. The molecule has 1 amide bonds.